The van der Waals surface area contributed by atoms with Crippen molar-refractivity contribution in [3.05, 3.63) is 22.4 Å². The van der Waals surface area contributed by atoms with E-state index in [0.717, 1.165) is 50.5 Å². The first-order valence-corrected chi connectivity index (χ1v) is 10.9. The number of nitrogens with zero attached hydrogens (tertiary/aromatic N) is 3. The molecule has 0 spiro atoms. The van der Waals surface area contributed by atoms with Crippen LogP contribution in [0.25, 0.3) is 0 Å². The number of guanidine groups is 1. The molecule has 140 valence electrons. The average molecular weight is 363 g/mol. The number of piperidine rings is 2. The topological polar surface area (TPSA) is 30.9 Å². The van der Waals surface area contributed by atoms with Gasteiger partial charge in [-0.1, -0.05) is 13.0 Å². The second kappa shape index (κ2) is 9.58. The maximum Gasteiger partial charge on any atom is 0.193 e. The number of nitrogens with one attached hydrogen (secondary N) is 1. The lowest BCUT2D eigenvalue weighted by Crippen LogP contribution is -2.45. The Bertz CT molecular complexity index is 512. The fourth-order valence-electron chi connectivity index (χ4n) is 3.81. The summed E-state index contributed by atoms with van der Waals surface area (Å²) in [5.74, 6) is 2.76. The van der Waals surface area contributed by atoms with Crippen molar-refractivity contribution >= 4 is 17.3 Å². The fraction of sp³-hybridized carbons (Fsp3) is 0.750. The molecule has 0 aliphatic carbocycles. The van der Waals surface area contributed by atoms with Crippen molar-refractivity contribution in [3.63, 3.8) is 0 Å². The number of hydrogen-bond acceptors (Lipinski definition) is 3. The maximum atomic E-state index is 5.00. The Morgan fingerprint density at radius 3 is 2.60 bits per heavy atom. The Kier molecular flexibility index (Phi) is 7.17. The zero-order chi connectivity index (χ0) is 17.5. The molecule has 1 N–H and O–H groups in total. The van der Waals surface area contributed by atoms with Gasteiger partial charge in [-0.25, -0.2) is 0 Å². The van der Waals surface area contributed by atoms with E-state index in [4.69, 9.17) is 4.99 Å². The van der Waals surface area contributed by atoms with Gasteiger partial charge < -0.3 is 10.2 Å². The third-order valence-corrected chi connectivity index (χ3v) is 6.45. The van der Waals surface area contributed by atoms with E-state index in [2.05, 4.69) is 46.5 Å². The molecule has 2 saturated heterocycles. The van der Waals surface area contributed by atoms with Crippen molar-refractivity contribution in [2.24, 2.45) is 16.8 Å². The van der Waals surface area contributed by atoms with E-state index in [-0.39, 0.29) is 0 Å². The molecule has 25 heavy (non-hydrogen) atoms. The SMILES string of the molecule is CCNC(=NCC1CCN(Cc2cccs2)CC1)N1CCC(C)CC1. The molecule has 2 aliphatic rings. The van der Waals surface area contributed by atoms with E-state index in [9.17, 15) is 0 Å². The number of likely N-dealkylation sites (tertiary alicyclic amines) is 2. The number of aliphatic imine (C=N–C) groups is 1. The van der Waals surface area contributed by atoms with Crippen molar-refractivity contribution < 1.29 is 0 Å². The molecular formula is C20H34N4S. The summed E-state index contributed by atoms with van der Waals surface area (Å²) in [6, 6.07) is 4.41. The Morgan fingerprint density at radius 1 is 1.20 bits per heavy atom. The summed E-state index contributed by atoms with van der Waals surface area (Å²) in [4.78, 5) is 11.6. The van der Waals surface area contributed by atoms with Crippen LogP contribution in [0.2, 0.25) is 0 Å². The Labute approximate surface area is 157 Å². The Balaban J connectivity index is 1.45. The van der Waals surface area contributed by atoms with Crippen LogP contribution in [0.4, 0.5) is 0 Å². The lowest BCUT2D eigenvalue weighted by Gasteiger charge is -2.34. The molecule has 0 aromatic carbocycles. The van der Waals surface area contributed by atoms with E-state index < -0.39 is 0 Å². The molecule has 4 nitrogen and oxygen atoms in total. The van der Waals surface area contributed by atoms with E-state index >= 15 is 0 Å². The second-order valence-electron chi connectivity index (χ2n) is 7.66. The summed E-state index contributed by atoms with van der Waals surface area (Å²) >= 11 is 1.88. The number of thiophene rings is 1. The van der Waals surface area contributed by atoms with E-state index in [1.54, 1.807) is 0 Å². The molecule has 3 heterocycles. The van der Waals surface area contributed by atoms with Gasteiger partial charge in [-0.05, 0) is 69.0 Å². The molecule has 0 amide bonds. The molecule has 1 aromatic rings. The average Bonchev–Trinajstić information content (AvgIpc) is 3.14. The quantitative estimate of drug-likeness (QED) is 0.641. The van der Waals surface area contributed by atoms with Gasteiger partial charge in [0.2, 0.25) is 0 Å². The molecule has 2 fully saturated rings. The van der Waals surface area contributed by atoms with Crippen molar-refractivity contribution in [2.45, 2.75) is 46.1 Å². The van der Waals surface area contributed by atoms with Crippen LogP contribution >= 0.6 is 11.3 Å². The number of hydrogen-bond donors (Lipinski definition) is 1. The first kappa shape index (κ1) is 18.7. The van der Waals surface area contributed by atoms with Crippen molar-refractivity contribution in [1.82, 2.24) is 15.1 Å². The maximum absolute atomic E-state index is 5.00. The van der Waals surface area contributed by atoms with Gasteiger partial charge in [0.25, 0.3) is 0 Å². The largest absolute Gasteiger partial charge is 0.357 e. The molecule has 3 rings (SSSR count). The lowest BCUT2D eigenvalue weighted by atomic mass is 9.97. The zero-order valence-electron chi connectivity index (χ0n) is 15.9. The van der Waals surface area contributed by atoms with E-state index in [1.165, 1.54) is 43.6 Å². The van der Waals surface area contributed by atoms with Crippen molar-refractivity contribution in [3.8, 4) is 0 Å². The Hall–Kier alpha value is -1.07. The minimum absolute atomic E-state index is 0.747. The summed E-state index contributed by atoms with van der Waals surface area (Å²) < 4.78 is 0. The van der Waals surface area contributed by atoms with Gasteiger partial charge in [0, 0.05) is 37.6 Å². The second-order valence-corrected chi connectivity index (χ2v) is 8.70. The summed E-state index contributed by atoms with van der Waals surface area (Å²) in [5, 5.41) is 5.69. The smallest absolute Gasteiger partial charge is 0.193 e. The van der Waals surface area contributed by atoms with E-state index in [0.29, 0.717) is 0 Å². The molecule has 0 radical (unpaired) electrons. The molecular weight excluding hydrogens is 328 g/mol. The standard InChI is InChI=1S/C20H34N4S/c1-3-21-20(24-12-6-17(2)7-13-24)22-15-18-8-10-23(11-9-18)16-19-5-4-14-25-19/h4-5,14,17-18H,3,6-13,15-16H2,1-2H3,(H,21,22). The van der Waals surface area contributed by atoms with Gasteiger partial charge in [0.05, 0.1) is 0 Å². The van der Waals surface area contributed by atoms with Gasteiger partial charge in [0.15, 0.2) is 5.96 Å². The van der Waals surface area contributed by atoms with E-state index in [1.807, 2.05) is 11.3 Å². The molecule has 0 saturated carbocycles. The summed E-state index contributed by atoms with van der Waals surface area (Å²) in [6.45, 7) is 12.4. The van der Waals surface area contributed by atoms with Crippen LogP contribution in [0, 0.1) is 11.8 Å². The van der Waals surface area contributed by atoms with Crippen molar-refractivity contribution in [2.75, 3.05) is 39.3 Å². The van der Waals surface area contributed by atoms with Crippen LogP contribution < -0.4 is 5.32 Å². The van der Waals surface area contributed by atoms with Gasteiger partial charge in [0.1, 0.15) is 0 Å². The zero-order valence-corrected chi connectivity index (χ0v) is 16.7. The first-order valence-electron chi connectivity index (χ1n) is 10.0. The van der Waals surface area contributed by atoms with Gasteiger partial charge in [-0.3, -0.25) is 9.89 Å². The Morgan fingerprint density at radius 2 is 1.96 bits per heavy atom. The van der Waals surface area contributed by atoms with Crippen LogP contribution in [-0.2, 0) is 6.54 Å². The molecule has 0 bridgehead atoms. The summed E-state index contributed by atoms with van der Waals surface area (Å²) in [5.41, 5.74) is 0. The van der Waals surface area contributed by atoms with Gasteiger partial charge in [-0.15, -0.1) is 11.3 Å². The predicted octanol–water partition coefficient (Wildman–Crippen LogP) is 3.66. The third kappa shape index (κ3) is 5.71. The first-order chi connectivity index (χ1) is 12.2. The van der Waals surface area contributed by atoms with Crippen LogP contribution in [-0.4, -0.2) is 55.0 Å². The third-order valence-electron chi connectivity index (χ3n) is 5.58. The van der Waals surface area contributed by atoms with Crippen LogP contribution in [0.3, 0.4) is 0 Å². The molecule has 1 aromatic heterocycles. The lowest BCUT2D eigenvalue weighted by molar-refractivity contribution is 0.181. The highest BCUT2D eigenvalue weighted by Gasteiger charge is 2.21. The van der Waals surface area contributed by atoms with Crippen molar-refractivity contribution in [1.29, 1.82) is 0 Å². The molecule has 0 unspecified atom stereocenters. The molecule has 2 aliphatic heterocycles. The predicted molar refractivity (Wildman–Crippen MR) is 108 cm³/mol. The molecule has 5 heteroatoms. The normalized spacial score (nSPS) is 21.7. The fourth-order valence-corrected chi connectivity index (χ4v) is 4.56. The summed E-state index contributed by atoms with van der Waals surface area (Å²) in [7, 11) is 0. The highest BCUT2D eigenvalue weighted by Crippen LogP contribution is 2.21. The van der Waals surface area contributed by atoms with Gasteiger partial charge in [-0.2, -0.15) is 0 Å². The minimum atomic E-state index is 0.747. The van der Waals surface area contributed by atoms with Crippen LogP contribution in [0.1, 0.15) is 44.4 Å². The monoisotopic (exact) mass is 362 g/mol. The van der Waals surface area contributed by atoms with Gasteiger partial charge >= 0.3 is 0 Å². The highest BCUT2D eigenvalue weighted by molar-refractivity contribution is 7.09. The highest BCUT2D eigenvalue weighted by atomic mass is 32.1. The van der Waals surface area contributed by atoms with Crippen LogP contribution in [0.5, 0.6) is 0 Å². The minimum Gasteiger partial charge on any atom is -0.357 e. The van der Waals surface area contributed by atoms with Crippen LogP contribution in [0.15, 0.2) is 22.5 Å². The molecule has 0 atom stereocenters. The summed E-state index contributed by atoms with van der Waals surface area (Å²) in [6.07, 6.45) is 5.16. The number of rotatable bonds is 5.